The second-order valence-electron chi connectivity index (χ2n) is 11.5. The van der Waals surface area contributed by atoms with Gasteiger partial charge in [-0.25, -0.2) is 14.1 Å². The summed E-state index contributed by atoms with van der Waals surface area (Å²) >= 11 is 0. The minimum atomic E-state index is -4.24. The van der Waals surface area contributed by atoms with Crippen molar-refractivity contribution in [1.82, 2.24) is 19.7 Å². The summed E-state index contributed by atoms with van der Waals surface area (Å²) in [7, 11) is -4.24. The maximum Gasteiger partial charge on any atom is 0.459 e. The van der Waals surface area contributed by atoms with E-state index in [0.717, 1.165) is 12.8 Å². The summed E-state index contributed by atoms with van der Waals surface area (Å²) in [6, 6.07) is 13.0. The fraction of sp³-hybridized carbons (Fsp3) is 0.533. The van der Waals surface area contributed by atoms with Crippen LogP contribution >= 0.6 is 7.75 Å². The smallest absolute Gasteiger partial charge is 0.459 e. The summed E-state index contributed by atoms with van der Waals surface area (Å²) in [5.74, 6) is -0.980. The molecule has 0 spiro atoms. The number of carbonyl (C=O) groups excluding carboxylic acids is 1. The molecule has 45 heavy (non-hydrogen) atoms. The second-order valence-corrected chi connectivity index (χ2v) is 13.2. The minimum absolute atomic E-state index is 0.219. The van der Waals surface area contributed by atoms with Gasteiger partial charge in [0.05, 0.1) is 18.9 Å². The van der Waals surface area contributed by atoms with Gasteiger partial charge in [-0.3, -0.25) is 9.32 Å². The van der Waals surface area contributed by atoms with Gasteiger partial charge in [0.1, 0.15) is 48.0 Å². The standard InChI is InChI=1S/C30H39N6O8P/c1-6-20(7-2)15-39-28(37)19(3)35-45(38,44-21-11-9-8-10-12-21)40-16-23-25-26(43-29(4,5)42-25)30(17-31,41-23)24-14-13-22-27(32)33-18-34-36(22)24/h8-14,18-20,23,25-26H,6-7,15-16H2,1-5H3,(H,35,38)(H2,32,33,34)/t19-,23+,25+,26+,30-,45+/m0/s1. The monoisotopic (exact) mass is 642 g/mol. The Morgan fingerprint density at radius 3 is 2.60 bits per heavy atom. The highest BCUT2D eigenvalue weighted by Gasteiger charge is 2.65. The predicted molar refractivity (Wildman–Crippen MR) is 162 cm³/mol. The second kappa shape index (κ2) is 13.0. The number of carbonyl (C=O) groups is 1. The molecule has 5 rings (SSSR count). The van der Waals surface area contributed by atoms with E-state index in [-0.39, 0.29) is 30.7 Å². The summed E-state index contributed by atoms with van der Waals surface area (Å²) in [5, 5.41) is 17.6. The maximum absolute atomic E-state index is 14.2. The lowest BCUT2D eigenvalue weighted by atomic mass is 9.92. The number of anilines is 1. The summed E-state index contributed by atoms with van der Waals surface area (Å²) < 4.78 is 51.7. The molecule has 4 heterocycles. The molecule has 6 atom stereocenters. The highest BCUT2D eigenvalue weighted by atomic mass is 31.2. The minimum Gasteiger partial charge on any atom is -0.464 e. The van der Waals surface area contributed by atoms with E-state index in [4.69, 9.17) is 33.7 Å². The largest absolute Gasteiger partial charge is 0.464 e. The summed E-state index contributed by atoms with van der Waals surface area (Å²) in [5.41, 5.74) is 5.17. The Morgan fingerprint density at radius 1 is 1.18 bits per heavy atom. The molecule has 15 heteroatoms. The molecule has 0 aliphatic carbocycles. The first kappa shape index (κ1) is 32.8. The zero-order chi connectivity index (χ0) is 32.4. The Labute approximate surface area is 261 Å². The lowest BCUT2D eigenvalue weighted by Gasteiger charge is -2.29. The molecule has 242 valence electrons. The lowest BCUT2D eigenvalue weighted by Crippen LogP contribution is -2.40. The zero-order valence-electron chi connectivity index (χ0n) is 25.9. The number of nitriles is 1. The molecule has 2 saturated heterocycles. The molecule has 14 nitrogen and oxygen atoms in total. The van der Waals surface area contributed by atoms with Crippen LogP contribution < -0.4 is 15.3 Å². The SMILES string of the molecule is CCC(CC)COC(=O)[C@H](C)N[P@@](=O)(OC[C@H]1O[C@@](C#N)(c2ccc3c(N)ncnn23)[C@@H]2OC(C)(C)O[C@@H]21)Oc1ccccc1. The van der Waals surface area contributed by atoms with E-state index in [1.165, 1.54) is 17.8 Å². The van der Waals surface area contributed by atoms with Gasteiger partial charge in [0.15, 0.2) is 11.6 Å². The van der Waals surface area contributed by atoms with Crippen LogP contribution in [-0.4, -0.2) is 63.9 Å². The number of hydrogen-bond donors (Lipinski definition) is 2. The van der Waals surface area contributed by atoms with Crippen molar-refractivity contribution in [1.29, 1.82) is 5.26 Å². The summed E-state index contributed by atoms with van der Waals surface area (Å²) in [4.78, 5) is 16.9. The molecule has 2 fully saturated rings. The van der Waals surface area contributed by atoms with Gasteiger partial charge in [-0.2, -0.15) is 15.4 Å². The van der Waals surface area contributed by atoms with Gasteiger partial charge in [0.25, 0.3) is 0 Å². The Balaban J connectivity index is 1.40. The highest BCUT2D eigenvalue weighted by molar-refractivity contribution is 7.52. The number of fused-ring (bicyclic) bond motifs is 2. The van der Waals surface area contributed by atoms with Crippen molar-refractivity contribution in [2.24, 2.45) is 5.92 Å². The van der Waals surface area contributed by atoms with Crippen molar-refractivity contribution >= 4 is 25.1 Å². The van der Waals surface area contributed by atoms with E-state index >= 15 is 0 Å². The van der Waals surface area contributed by atoms with Gasteiger partial charge >= 0.3 is 13.7 Å². The fourth-order valence-corrected chi connectivity index (χ4v) is 6.99. The first-order chi connectivity index (χ1) is 21.4. The molecule has 1 aromatic carbocycles. The molecule has 3 N–H and O–H groups in total. The molecule has 0 amide bonds. The molecular weight excluding hydrogens is 603 g/mol. The van der Waals surface area contributed by atoms with Crippen molar-refractivity contribution in [2.45, 2.75) is 83.2 Å². The number of ether oxygens (including phenoxy) is 4. The number of rotatable bonds is 13. The number of nitrogens with zero attached hydrogens (tertiary/aromatic N) is 4. The van der Waals surface area contributed by atoms with E-state index in [9.17, 15) is 14.6 Å². The molecule has 0 unspecified atom stereocenters. The Kier molecular flexibility index (Phi) is 9.51. The number of aromatic nitrogens is 3. The van der Waals surface area contributed by atoms with Gasteiger partial charge in [-0.1, -0.05) is 44.9 Å². The van der Waals surface area contributed by atoms with Crippen LogP contribution in [0.2, 0.25) is 0 Å². The average molecular weight is 643 g/mol. The number of nitrogen functional groups attached to an aromatic ring is 1. The summed E-state index contributed by atoms with van der Waals surface area (Å²) in [6.45, 7) is 8.91. The topological polar surface area (TPSA) is 182 Å². The first-order valence-corrected chi connectivity index (χ1v) is 16.5. The van der Waals surface area contributed by atoms with Crippen LogP contribution in [-0.2, 0) is 38.4 Å². The van der Waals surface area contributed by atoms with Crippen LogP contribution in [0.4, 0.5) is 5.82 Å². The van der Waals surface area contributed by atoms with Crippen LogP contribution in [0, 0.1) is 17.2 Å². The molecule has 3 aromatic rings. The van der Waals surface area contributed by atoms with Gasteiger partial charge < -0.3 is 29.2 Å². The van der Waals surface area contributed by atoms with Crippen LogP contribution in [0.15, 0.2) is 48.8 Å². The molecule has 2 aromatic heterocycles. The third kappa shape index (κ3) is 6.70. The molecular formula is C30H39N6O8P. The maximum atomic E-state index is 14.2. The lowest BCUT2D eigenvalue weighted by molar-refractivity contribution is -0.204. The van der Waals surface area contributed by atoms with Crippen LogP contribution in [0.25, 0.3) is 5.52 Å². The Bertz CT molecular complexity index is 1590. The van der Waals surface area contributed by atoms with Gasteiger partial charge in [-0.05, 0) is 51.0 Å². The van der Waals surface area contributed by atoms with Crippen molar-refractivity contribution < 1.29 is 37.4 Å². The molecule has 2 aliphatic heterocycles. The molecule has 2 aliphatic rings. The van der Waals surface area contributed by atoms with Gasteiger partial charge in [0, 0.05) is 0 Å². The van der Waals surface area contributed by atoms with E-state index in [1.54, 1.807) is 56.3 Å². The van der Waals surface area contributed by atoms with E-state index in [2.05, 4.69) is 21.2 Å². The third-order valence-corrected chi connectivity index (χ3v) is 9.60. The van der Waals surface area contributed by atoms with Crippen molar-refractivity contribution in [3.8, 4) is 11.8 Å². The quantitative estimate of drug-likeness (QED) is 0.201. The average Bonchev–Trinajstić information content (AvgIpc) is 3.68. The van der Waals surface area contributed by atoms with E-state index in [1.807, 2.05) is 13.8 Å². The molecule has 0 radical (unpaired) electrons. The van der Waals surface area contributed by atoms with E-state index < -0.39 is 49.5 Å². The van der Waals surface area contributed by atoms with Crippen LogP contribution in [0.5, 0.6) is 5.75 Å². The summed E-state index contributed by atoms with van der Waals surface area (Å²) in [6.07, 6.45) is 0.325. The molecule has 0 bridgehead atoms. The Morgan fingerprint density at radius 2 is 1.91 bits per heavy atom. The Hall–Kier alpha value is -3.57. The van der Waals surface area contributed by atoms with Gasteiger partial charge in [0.2, 0.25) is 5.60 Å². The van der Waals surface area contributed by atoms with Crippen molar-refractivity contribution in [2.75, 3.05) is 18.9 Å². The first-order valence-electron chi connectivity index (χ1n) is 14.9. The van der Waals surface area contributed by atoms with E-state index in [0.29, 0.717) is 11.2 Å². The number of esters is 1. The number of hydrogen-bond acceptors (Lipinski definition) is 12. The molecule has 0 saturated carbocycles. The van der Waals surface area contributed by atoms with Crippen molar-refractivity contribution in [3.63, 3.8) is 0 Å². The number of nitrogens with one attached hydrogen (secondary N) is 1. The number of nitrogens with two attached hydrogens (primary N) is 1. The predicted octanol–water partition coefficient (Wildman–Crippen LogP) is 4.11. The highest BCUT2D eigenvalue weighted by Crippen LogP contribution is 2.51. The number of benzene rings is 1. The van der Waals surface area contributed by atoms with Crippen LogP contribution in [0.1, 0.15) is 53.2 Å². The van der Waals surface area contributed by atoms with Crippen LogP contribution in [0.3, 0.4) is 0 Å². The zero-order valence-corrected chi connectivity index (χ0v) is 26.8. The van der Waals surface area contributed by atoms with Crippen molar-refractivity contribution in [3.05, 3.63) is 54.5 Å². The third-order valence-electron chi connectivity index (χ3n) is 7.96. The van der Waals surface area contributed by atoms with Gasteiger partial charge in [-0.15, -0.1) is 0 Å². The normalized spacial score (nSPS) is 25.8. The fourth-order valence-electron chi connectivity index (χ4n) is 5.49. The number of para-hydroxylation sites is 1.